The third-order valence-electron chi connectivity index (χ3n) is 8.98. The molecular weight excluding hydrogens is 854 g/mol. The van der Waals surface area contributed by atoms with E-state index < -0.39 is 0 Å². The second kappa shape index (κ2) is 39.7. The number of methoxy groups -OCH3 is 2. The van der Waals surface area contributed by atoms with Crippen LogP contribution in [0.25, 0.3) is 0 Å². The minimum absolute atomic E-state index is 0. The molecule has 13 heteroatoms. The van der Waals surface area contributed by atoms with Gasteiger partial charge >= 0.3 is 0 Å². The average molecular weight is 937 g/mol. The monoisotopic (exact) mass is 936 g/mol. The van der Waals surface area contributed by atoms with Gasteiger partial charge in [-0.1, -0.05) is 79.7 Å². The zero-order chi connectivity index (χ0) is 41.7. The molecule has 0 radical (unpaired) electrons. The summed E-state index contributed by atoms with van der Waals surface area (Å²) >= 11 is 0. The third kappa shape index (κ3) is 22.7. The van der Waals surface area contributed by atoms with Gasteiger partial charge in [-0.3, -0.25) is 4.90 Å². The molecule has 7 N–H and O–H groups in total. The summed E-state index contributed by atoms with van der Waals surface area (Å²) in [4.78, 5) is 2.40. The number of hydrogen-bond donors (Lipinski definition) is 7. The number of hydrogen-bond acceptors (Lipinski definition) is 10. The van der Waals surface area contributed by atoms with Crippen molar-refractivity contribution in [1.82, 2.24) is 4.90 Å². The normalized spacial score (nSPS) is 10.7. The minimum Gasteiger partial charge on any atom is -0.507 e. The van der Waals surface area contributed by atoms with Gasteiger partial charge < -0.3 is 67.5 Å². The molecule has 0 saturated carbocycles. The molecule has 10 nitrogen and oxygen atoms in total. The molecular formula is C46H82NO9Ti3-3. The van der Waals surface area contributed by atoms with E-state index in [1.165, 1.54) is 0 Å². The zero-order valence-corrected chi connectivity index (χ0v) is 44.6. The first-order chi connectivity index (χ1) is 25.1. The van der Waals surface area contributed by atoms with Crippen LogP contribution in [0, 0.1) is 22.3 Å². The molecule has 3 aromatic carbocycles. The van der Waals surface area contributed by atoms with Gasteiger partial charge in [0.1, 0.15) is 17.2 Å². The number of aliphatic hydroxyl groups excluding tert-OH is 4. The van der Waals surface area contributed by atoms with Crippen LogP contribution in [0.1, 0.15) is 155 Å². The van der Waals surface area contributed by atoms with Crippen LogP contribution in [-0.2, 0) is 94.3 Å². The van der Waals surface area contributed by atoms with Gasteiger partial charge in [-0.25, -0.2) is 0 Å². The van der Waals surface area contributed by atoms with Crippen molar-refractivity contribution in [3.8, 4) is 17.2 Å². The second-order valence-corrected chi connectivity index (χ2v) is 13.9. The average Bonchev–Trinajstić information content (AvgIpc) is 3.15. The molecule has 0 bridgehead atoms. The van der Waals surface area contributed by atoms with Crippen LogP contribution in [0.4, 0.5) is 0 Å². The van der Waals surface area contributed by atoms with E-state index in [0.29, 0.717) is 31.1 Å². The van der Waals surface area contributed by atoms with Crippen molar-refractivity contribution in [3.05, 3.63) is 109 Å². The summed E-state index contributed by atoms with van der Waals surface area (Å²) in [5.74, 6) is 1.73. The fourth-order valence-corrected chi connectivity index (χ4v) is 6.08. The number of rotatable bonds is 14. The summed E-state index contributed by atoms with van der Waals surface area (Å²) in [6.45, 7) is 22.7. The molecule has 3 rings (SSSR count). The van der Waals surface area contributed by atoms with E-state index in [1.807, 2.05) is 26.0 Å². The van der Waals surface area contributed by atoms with Crippen LogP contribution < -0.4 is 0 Å². The number of phenols is 3. The molecule has 0 saturated heterocycles. The summed E-state index contributed by atoms with van der Waals surface area (Å²) < 4.78 is 11.3. The number of nitrogens with zero attached hydrogens (tertiary/aromatic N) is 1. The maximum Gasteiger partial charge on any atom is 0.127 e. The Bertz CT molecular complexity index is 1310. The van der Waals surface area contributed by atoms with Gasteiger partial charge in [0.2, 0.25) is 0 Å². The van der Waals surface area contributed by atoms with Gasteiger partial charge in [-0.15, -0.1) is 0 Å². The largest absolute Gasteiger partial charge is 0.507 e. The van der Waals surface area contributed by atoms with Crippen molar-refractivity contribution in [3.63, 3.8) is 0 Å². The summed E-state index contributed by atoms with van der Waals surface area (Å²) in [5, 5.41) is 61.4. The molecule has 0 aliphatic heterocycles. The fourth-order valence-electron chi connectivity index (χ4n) is 6.08. The molecule has 59 heavy (non-hydrogen) atoms. The predicted octanol–water partition coefficient (Wildman–Crippen LogP) is 9.69. The Morgan fingerprint density at radius 2 is 0.559 bits per heavy atom. The first kappa shape index (κ1) is 75.3. The minimum atomic E-state index is -0.292. The van der Waals surface area contributed by atoms with Gasteiger partial charge in [0, 0.05) is 139 Å². The maximum atomic E-state index is 11.2. The Labute approximate surface area is 405 Å². The number of ether oxygens (including phenoxy) is 2. The zero-order valence-electron chi connectivity index (χ0n) is 39.9. The molecule has 0 spiro atoms. The summed E-state index contributed by atoms with van der Waals surface area (Å²) in [6.07, 6.45) is -0.584. The van der Waals surface area contributed by atoms with Crippen molar-refractivity contribution >= 4 is 0 Å². The van der Waals surface area contributed by atoms with Gasteiger partial charge in [-0.2, -0.15) is 0 Å². The van der Waals surface area contributed by atoms with Gasteiger partial charge in [0.05, 0.1) is 12.2 Å². The SMILES string of the molecule is CO.CO.CO.CO.COC(C)c1cc(CN(Cc2cc(C(C)C)c(O)c(C(C)C)c2)Cc2cc(C(C)C)c(O)c(C(C)C)c2)cc(C(C)OC)c1O.[CH3-].[CH3-].[CH3-].[Ti].[Ti].[Ti]. The molecule has 0 aliphatic carbocycles. The van der Waals surface area contributed by atoms with E-state index >= 15 is 0 Å². The number of aromatic hydroxyl groups is 3. The number of phenolic OH excluding ortho intramolecular Hbond substituents is 3. The quantitative estimate of drug-likeness (QED) is 0.0612. The molecule has 3 aromatic rings. The molecule has 0 heterocycles. The van der Waals surface area contributed by atoms with Crippen molar-refractivity contribution in [2.75, 3.05) is 42.7 Å². The van der Waals surface area contributed by atoms with E-state index in [2.05, 4.69) is 84.6 Å². The van der Waals surface area contributed by atoms with Gasteiger partial charge in [0.25, 0.3) is 0 Å². The fraction of sp³-hybridized carbons (Fsp3) is 0.543. The maximum absolute atomic E-state index is 11.2. The molecule has 0 fully saturated rings. The smallest absolute Gasteiger partial charge is 0.127 e. The second-order valence-electron chi connectivity index (χ2n) is 13.9. The molecule has 0 aromatic heterocycles. The van der Waals surface area contributed by atoms with Crippen LogP contribution in [0.3, 0.4) is 0 Å². The van der Waals surface area contributed by atoms with Gasteiger partial charge in [0.15, 0.2) is 0 Å². The summed E-state index contributed by atoms with van der Waals surface area (Å²) in [7, 11) is 7.30. The first-order valence-electron chi connectivity index (χ1n) is 18.2. The Morgan fingerprint density at radius 1 is 0.390 bits per heavy atom. The molecule has 2 unspecified atom stereocenters. The molecule has 0 aliphatic rings. The third-order valence-corrected chi connectivity index (χ3v) is 8.98. The predicted molar refractivity (Wildman–Crippen MR) is 236 cm³/mol. The van der Waals surface area contributed by atoms with Gasteiger partial charge in [-0.05, 0) is 88.6 Å². The standard InChI is InChI=1S/C39H57NO5.4CH4O.3CH3.3Ti/c1-22(2)31-13-28(14-32(23(3)4)37(31)41)19-40(20-29-15-33(24(5)6)38(42)34(16-29)25(7)8)21-30-17-35(26(9)44-11)39(43)36(18-30)27(10)45-12;4*1-2;;;;;;/h13-18,22-27,41-43H,19-21H2,1-12H3;4*2H,1H3;3*1H3;;;/q;;;;;3*-1;;;. The Balaban J connectivity index is -0.000000291. The van der Waals surface area contributed by atoms with Crippen LogP contribution in [0.15, 0.2) is 36.4 Å². The molecule has 340 valence electrons. The Hall–Kier alpha value is -1.08. The van der Waals surface area contributed by atoms with Crippen molar-refractivity contribution in [2.24, 2.45) is 0 Å². The van der Waals surface area contributed by atoms with E-state index in [-0.39, 0.29) is 129 Å². The first-order valence-corrected chi connectivity index (χ1v) is 18.2. The molecule has 0 amide bonds. The van der Waals surface area contributed by atoms with Crippen LogP contribution in [-0.4, -0.2) is 83.3 Å². The van der Waals surface area contributed by atoms with E-state index in [1.54, 1.807) is 14.2 Å². The van der Waals surface area contributed by atoms with Crippen LogP contribution in [0.2, 0.25) is 0 Å². The van der Waals surface area contributed by atoms with Crippen LogP contribution >= 0.6 is 0 Å². The van der Waals surface area contributed by atoms with Crippen molar-refractivity contribution < 1.29 is 110 Å². The topological polar surface area (TPSA) is 163 Å². The van der Waals surface area contributed by atoms with Crippen molar-refractivity contribution in [1.29, 1.82) is 0 Å². The molecule has 2 atom stereocenters. The van der Waals surface area contributed by atoms with Crippen molar-refractivity contribution in [2.45, 2.75) is 125 Å². The Morgan fingerprint density at radius 3 is 0.729 bits per heavy atom. The number of aliphatic hydroxyl groups is 4. The van der Waals surface area contributed by atoms with E-state index in [9.17, 15) is 15.3 Å². The van der Waals surface area contributed by atoms with Crippen LogP contribution in [0.5, 0.6) is 17.2 Å². The number of benzene rings is 3. The van der Waals surface area contributed by atoms with E-state index in [4.69, 9.17) is 29.9 Å². The summed E-state index contributed by atoms with van der Waals surface area (Å²) in [6, 6.07) is 12.6. The Kier molecular flexibility index (Phi) is 50.7. The van der Waals surface area contributed by atoms with E-state index in [0.717, 1.165) is 78.5 Å². The summed E-state index contributed by atoms with van der Waals surface area (Å²) in [5.41, 5.74) is 8.63.